The zero-order chi connectivity index (χ0) is 19.7. The summed E-state index contributed by atoms with van der Waals surface area (Å²) in [5, 5.41) is 3.97. The van der Waals surface area contributed by atoms with Gasteiger partial charge in [0.2, 0.25) is 17.6 Å². The molecule has 7 heteroatoms. The van der Waals surface area contributed by atoms with E-state index >= 15 is 0 Å². The third-order valence-corrected chi connectivity index (χ3v) is 5.28. The van der Waals surface area contributed by atoms with Gasteiger partial charge in [-0.1, -0.05) is 46.6 Å². The lowest BCUT2D eigenvalue weighted by Crippen LogP contribution is -2.27. The molecule has 0 spiro atoms. The number of aromatic nitrogens is 2. The van der Waals surface area contributed by atoms with Gasteiger partial charge in [-0.3, -0.25) is 4.79 Å². The van der Waals surface area contributed by atoms with Gasteiger partial charge in [0.1, 0.15) is 5.82 Å². The molecule has 0 radical (unpaired) electrons. The number of aryl methyl sites for hydroxylation is 1. The van der Waals surface area contributed by atoms with Crippen LogP contribution in [0.1, 0.15) is 29.4 Å². The van der Waals surface area contributed by atoms with E-state index in [1.54, 1.807) is 6.07 Å². The predicted molar refractivity (Wildman–Crippen MR) is 104 cm³/mol. The van der Waals surface area contributed by atoms with Gasteiger partial charge in [0, 0.05) is 25.1 Å². The summed E-state index contributed by atoms with van der Waals surface area (Å²) in [6, 6.07) is 12.7. The van der Waals surface area contributed by atoms with Crippen molar-refractivity contribution in [1.82, 2.24) is 15.0 Å². The summed E-state index contributed by atoms with van der Waals surface area (Å²) in [6.45, 7) is 3.25. The lowest BCUT2D eigenvalue weighted by Gasteiger charge is -2.15. The van der Waals surface area contributed by atoms with E-state index in [4.69, 9.17) is 16.1 Å². The highest BCUT2D eigenvalue weighted by atomic mass is 35.5. The van der Waals surface area contributed by atoms with E-state index in [1.165, 1.54) is 23.3 Å². The van der Waals surface area contributed by atoms with Gasteiger partial charge in [-0.25, -0.2) is 4.39 Å². The van der Waals surface area contributed by atoms with E-state index in [0.29, 0.717) is 31.0 Å². The van der Waals surface area contributed by atoms with Crippen LogP contribution in [0, 0.1) is 12.7 Å². The van der Waals surface area contributed by atoms with Gasteiger partial charge >= 0.3 is 0 Å². The topological polar surface area (TPSA) is 59.2 Å². The van der Waals surface area contributed by atoms with Crippen LogP contribution in [0.25, 0.3) is 11.4 Å². The Hall–Kier alpha value is -2.73. The van der Waals surface area contributed by atoms with Gasteiger partial charge in [0.05, 0.1) is 10.9 Å². The summed E-state index contributed by atoms with van der Waals surface area (Å²) in [5.74, 6) is 0.0785. The Morgan fingerprint density at radius 3 is 2.79 bits per heavy atom. The summed E-state index contributed by atoms with van der Waals surface area (Å²) in [4.78, 5) is 18.6. The fourth-order valence-electron chi connectivity index (χ4n) is 3.33. The first-order valence-electron chi connectivity index (χ1n) is 9.12. The van der Waals surface area contributed by atoms with Crippen molar-refractivity contribution in [3.63, 3.8) is 0 Å². The van der Waals surface area contributed by atoms with Crippen LogP contribution in [-0.4, -0.2) is 34.0 Å². The summed E-state index contributed by atoms with van der Waals surface area (Å²) in [5.41, 5.74) is 2.90. The maximum absolute atomic E-state index is 13.7. The third kappa shape index (κ3) is 3.92. The zero-order valence-electron chi connectivity index (χ0n) is 15.4. The van der Waals surface area contributed by atoms with Crippen molar-refractivity contribution >= 4 is 17.5 Å². The van der Waals surface area contributed by atoms with Crippen LogP contribution in [0.5, 0.6) is 0 Å². The minimum Gasteiger partial charge on any atom is -0.342 e. The molecule has 1 unspecified atom stereocenters. The second kappa shape index (κ2) is 7.72. The van der Waals surface area contributed by atoms with Crippen molar-refractivity contribution in [3.8, 4) is 11.4 Å². The lowest BCUT2D eigenvalue weighted by atomic mass is 10.1. The fourth-order valence-corrected chi connectivity index (χ4v) is 3.44. The molecule has 1 saturated heterocycles. The van der Waals surface area contributed by atoms with Crippen LogP contribution in [0.4, 0.5) is 4.39 Å². The molecular formula is C21H19ClFN3O2. The molecule has 1 fully saturated rings. The zero-order valence-corrected chi connectivity index (χ0v) is 16.1. The highest BCUT2D eigenvalue weighted by Crippen LogP contribution is 2.29. The first kappa shape index (κ1) is 18.6. The van der Waals surface area contributed by atoms with Gasteiger partial charge in [-0.15, -0.1) is 0 Å². The van der Waals surface area contributed by atoms with E-state index in [-0.39, 0.29) is 22.7 Å². The Labute approximate surface area is 167 Å². The highest BCUT2D eigenvalue weighted by molar-refractivity contribution is 6.30. The molecule has 1 aliphatic rings. The molecule has 1 aromatic heterocycles. The highest BCUT2D eigenvalue weighted by Gasteiger charge is 2.34. The summed E-state index contributed by atoms with van der Waals surface area (Å²) < 4.78 is 19.0. The lowest BCUT2D eigenvalue weighted by molar-refractivity contribution is -0.127. The molecule has 144 valence electrons. The molecule has 1 amide bonds. The first-order valence-corrected chi connectivity index (χ1v) is 9.50. The van der Waals surface area contributed by atoms with Gasteiger partial charge < -0.3 is 9.42 Å². The number of likely N-dealkylation sites (tertiary alicyclic amines) is 1. The summed E-state index contributed by atoms with van der Waals surface area (Å²) >= 11 is 5.71. The molecule has 3 aromatic rings. The molecule has 0 saturated carbocycles. The minimum absolute atomic E-state index is 0.0399. The number of halogens is 2. The van der Waals surface area contributed by atoms with Gasteiger partial charge in [-0.05, 0) is 37.1 Å². The van der Waals surface area contributed by atoms with E-state index in [9.17, 15) is 9.18 Å². The molecular weight excluding hydrogens is 381 g/mol. The third-order valence-electron chi connectivity index (χ3n) is 4.97. The largest absolute Gasteiger partial charge is 0.342 e. The average molecular weight is 400 g/mol. The normalized spacial score (nSPS) is 16.8. The van der Waals surface area contributed by atoms with Gasteiger partial charge in [0.15, 0.2) is 0 Å². The molecule has 0 N–H and O–H groups in total. The number of benzene rings is 2. The number of hydrogen-bond acceptors (Lipinski definition) is 4. The molecule has 4 rings (SSSR count). The Kier molecular flexibility index (Phi) is 5.13. The number of hydrogen-bond donors (Lipinski definition) is 0. The monoisotopic (exact) mass is 399 g/mol. The van der Waals surface area contributed by atoms with Crippen molar-refractivity contribution in [2.75, 3.05) is 13.1 Å². The van der Waals surface area contributed by atoms with Crippen LogP contribution in [0.2, 0.25) is 5.02 Å². The summed E-state index contributed by atoms with van der Waals surface area (Å²) in [6.07, 6.45) is 1.14. The van der Waals surface area contributed by atoms with Crippen LogP contribution < -0.4 is 0 Å². The quantitative estimate of drug-likeness (QED) is 0.638. The van der Waals surface area contributed by atoms with Crippen molar-refractivity contribution in [3.05, 3.63) is 70.3 Å². The number of rotatable bonds is 5. The smallest absolute Gasteiger partial charge is 0.232 e. The molecule has 5 nitrogen and oxygen atoms in total. The molecule has 2 aromatic carbocycles. The van der Waals surface area contributed by atoms with Crippen LogP contribution >= 0.6 is 11.6 Å². The molecule has 1 aliphatic heterocycles. The van der Waals surface area contributed by atoms with Crippen molar-refractivity contribution in [1.29, 1.82) is 0 Å². The molecule has 0 bridgehead atoms. The second-order valence-electron chi connectivity index (χ2n) is 7.06. The number of amides is 1. The number of carbonyl (C=O) groups excluding carboxylic acids is 1. The Morgan fingerprint density at radius 1 is 1.25 bits per heavy atom. The van der Waals surface area contributed by atoms with Gasteiger partial charge in [0.25, 0.3) is 0 Å². The van der Waals surface area contributed by atoms with Gasteiger partial charge in [-0.2, -0.15) is 4.98 Å². The maximum Gasteiger partial charge on any atom is 0.232 e. The van der Waals surface area contributed by atoms with E-state index in [0.717, 1.165) is 6.42 Å². The molecule has 1 atom stereocenters. The first-order chi connectivity index (χ1) is 13.5. The van der Waals surface area contributed by atoms with E-state index in [1.807, 2.05) is 4.90 Å². The summed E-state index contributed by atoms with van der Waals surface area (Å²) in [7, 11) is 0. The SMILES string of the molecule is Cc1ccc(CCN2CC(c3nc(-c4ccc(Cl)c(F)c4)no3)CC2=O)cc1. The second-order valence-corrected chi connectivity index (χ2v) is 7.47. The molecule has 0 aliphatic carbocycles. The molecule has 2 heterocycles. The Morgan fingerprint density at radius 2 is 2.04 bits per heavy atom. The standard InChI is InChI=1S/C21H19ClFN3O2/c1-13-2-4-14(5-3-13)8-9-26-12-16(11-19(26)27)21-24-20(25-28-21)15-6-7-17(22)18(23)10-15/h2-7,10,16H,8-9,11-12H2,1H3. The van der Waals surface area contributed by atoms with Crippen molar-refractivity contribution < 1.29 is 13.7 Å². The average Bonchev–Trinajstić information content (AvgIpc) is 3.31. The van der Waals surface area contributed by atoms with Crippen LogP contribution in [0.3, 0.4) is 0 Å². The van der Waals surface area contributed by atoms with Crippen LogP contribution in [-0.2, 0) is 11.2 Å². The van der Waals surface area contributed by atoms with Crippen LogP contribution in [0.15, 0.2) is 47.0 Å². The fraction of sp³-hybridized carbons (Fsp3) is 0.286. The Balaban J connectivity index is 1.41. The molecule has 28 heavy (non-hydrogen) atoms. The van der Waals surface area contributed by atoms with Crippen molar-refractivity contribution in [2.24, 2.45) is 0 Å². The number of nitrogens with zero attached hydrogens (tertiary/aromatic N) is 3. The number of carbonyl (C=O) groups is 1. The minimum atomic E-state index is -0.538. The Bertz CT molecular complexity index is 1000. The van der Waals surface area contributed by atoms with E-state index in [2.05, 4.69) is 41.3 Å². The maximum atomic E-state index is 13.7. The predicted octanol–water partition coefficient (Wildman–Crippen LogP) is 4.40. The van der Waals surface area contributed by atoms with E-state index < -0.39 is 5.82 Å². The van der Waals surface area contributed by atoms with Crippen molar-refractivity contribution in [2.45, 2.75) is 25.7 Å².